The first-order valence-electron chi connectivity index (χ1n) is 6.51. The van der Waals surface area contributed by atoms with E-state index in [1.165, 1.54) is 4.90 Å². The van der Waals surface area contributed by atoms with Gasteiger partial charge in [0.05, 0.1) is 0 Å². The second kappa shape index (κ2) is 4.86. The van der Waals surface area contributed by atoms with Crippen LogP contribution in [0.3, 0.4) is 0 Å². The second-order valence-corrected chi connectivity index (χ2v) is 5.46. The number of aromatic nitrogens is 2. The van der Waals surface area contributed by atoms with E-state index < -0.39 is 6.10 Å². The van der Waals surface area contributed by atoms with Crippen LogP contribution in [0.1, 0.15) is 19.4 Å². The number of nitrogens with one attached hydrogen (secondary N) is 1. The van der Waals surface area contributed by atoms with E-state index in [-0.39, 0.29) is 17.1 Å². The molecule has 1 aliphatic rings. The molecule has 0 aromatic carbocycles. The lowest BCUT2D eigenvalue weighted by atomic mass is 10.1. The van der Waals surface area contributed by atoms with Crippen LogP contribution in [0.5, 0.6) is 0 Å². The molecule has 3 rings (SSSR count). The smallest absolute Gasteiger partial charge is 0.271 e. The van der Waals surface area contributed by atoms with Gasteiger partial charge in [0.25, 0.3) is 11.1 Å². The highest BCUT2D eigenvalue weighted by atomic mass is 32.1. The number of carbonyl (C=O) groups excluding carboxylic acids is 1. The molecule has 0 aliphatic carbocycles. The first-order chi connectivity index (χ1) is 9.58. The number of rotatable bonds is 3. The molecule has 1 aliphatic heterocycles. The second-order valence-electron chi connectivity index (χ2n) is 5.11. The van der Waals surface area contributed by atoms with E-state index in [9.17, 15) is 4.79 Å². The number of aromatic amines is 1. The topological polar surface area (TPSA) is 58.2 Å². The van der Waals surface area contributed by atoms with Crippen LogP contribution in [0.25, 0.3) is 10.9 Å². The predicted molar refractivity (Wildman–Crippen MR) is 79.3 cm³/mol. The average molecular weight is 289 g/mol. The number of fused-ring (bicyclic) bond motifs is 1. The number of thiocarbonyl (C=S) groups is 1. The molecule has 104 valence electrons. The van der Waals surface area contributed by atoms with Gasteiger partial charge >= 0.3 is 0 Å². The van der Waals surface area contributed by atoms with Gasteiger partial charge < -0.3 is 9.72 Å². The zero-order valence-electron chi connectivity index (χ0n) is 11.3. The van der Waals surface area contributed by atoms with Crippen LogP contribution < -0.4 is 0 Å². The van der Waals surface area contributed by atoms with Crippen LogP contribution in [0.2, 0.25) is 0 Å². The molecule has 0 spiro atoms. The van der Waals surface area contributed by atoms with Crippen molar-refractivity contribution >= 4 is 34.2 Å². The van der Waals surface area contributed by atoms with Crippen LogP contribution >= 0.6 is 12.2 Å². The first kappa shape index (κ1) is 13.1. The van der Waals surface area contributed by atoms with Crippen molar-refractivity contribution in [1.82, 2.24) is 14.9 Å². The van der Waals surface area contributed by atoms with E-state index in [4.69, 9.17) is 17.0 Å². The molecule has 1 atom stereocenters. The molecule has 1 amide bonds. The van der Waals surface area contributed by atoms with Crippen LogP contribution in [-0.2, 0) is 16.0 Å². The minimum absolute atomic E-state index is 0.0182. The molecule has 20 heavy (non-hydrogen) atoms. The van der Waals surface area contributed by atoms with Gasteiger partial charge in [-0.1, -0.05) is 0 Å². The van der Waals surface area contributed by atoms with Crippen molar-refractivity contribution in [2.45, 2.75) is 32.4 Å². The van der Waals surface area contributed by atoms with Crippen molar-refractivity contribution in [2.75, 3.05) is 0 Å². The monoisotopic (exact) mass is 289 g/mol. The van der Waals surface area contributed by atoms with Crippen LogP contribution in [-0.4, -0.2) is 38.1 Å². The van der Waals surface area contributed by atoms with Crippen molar-refractivity contribution in [2.24, 2.45) is 0 Å². The van der Waals surface area contributed by atoms with Gasteiger partial charge in [-0.05, 0) is 37.7 Å². The Morgan fingerprint density at radius 1 is 1.55 bits per heavy atom. The maximum absolute atomic E-state index is 12.3. The fourth-order valence-electron chi connectivity index (χ4n) is 2.46. The molecular formula is C14H15N3O2S. The molecule has 0 radical (unpaired) electrons. The summed E-state index contributed by atoms with van der Waals surface area (Å²) in [5.41, 5.74) is 2.02. The number of pyridine rings is 1. The van der Waals surface area contributed by atoms with Crippen molar-refractivity contribution in [3.8, 4) is 0 Å². The van der Waals surface area contributed by atoms with Crippen molar-refractivity contribution in [3.63, 3.8) is 0 Å². The third-order valence-electron chi connectivity index (χ3n) is 3.44. The van der Waals surface area contributed by atoms with Gasteiger partial charge in [-0.15, -0.1) is 0 Å². The van der Waals surface area contributed by atoms with E-state index in [0.717, 1.165) is 16.5 Å². The highest BCUT2D eigenvalue weighted by Crippen LogP contribution is 2.23. The number of H-pyrrole nitrogens is 1. The summed E-state index contributed by atoms with van der Waals surface area (Å²) in [5, 5.41) is 1.28. The molecule has 2 aromatic heterocycles. The Hall–Kier alpha value is -1.95. The Kier molecular flexibility index (Phi) is 3.17. The van der Waals surface area contributed by atoms with E-state index in [2.05, 4.69) is 9.97 Å². The number of ether oxygens (including phenoxy) is 1. The fraction of sp³-hybridized carbons (Fsp3) is 0.357. The van der Waals surface area contributed by atoms with Crippen molar-refractivity contribution in [1.29, 1.82) is 0 Å². The van der Waals surface area contributed by atoms with Gasteiger partial charge in [0.2, 0.25) is 0 Å². The van der Waals surface area contributed by atoms with Crippen molar-refractivity contribution < 1.29 is 9.53 Å². The number of hydrogen-bond acceptors (Lipinski definition) is 4. The lowest BCUT2D eigenvalue weighted by Crippen LogP contribution is -2.37. The molecule has 1 unspecified atom stereocenters. The SMILES string of the molecule is CC(C)N1C(=O)C(Cc2c[nH]c3ccncc23)OC1=S. The third kappa shape index (κ3) is 2.06. The molecule has 1 saturated heterocycles. The van der Waals surface area contributed by atoms with Gasteiger partial charge in [-0.2, -0.15) is 0 Å². The zero-order valence-corrected chi connectivity index (χ0v) is 12.1. The molecule has 3 heterocycles. The van der Waals surface area contributed by atoms with Gasteiger partial charge in [-0.3, -0.25) is 14.7 Å². The Balaban J connectivity index is 1.85. The maximum atomic E-state index is 12.3. The Morgan fingerprint density at radius 2 is 2.35 bits per heavy atom. The van der Waals surface area contributed by atoms with E-state index in [0.29, 0.717) is 6.42 Å². The average Bonchev–Trinajstić information content (AvgIpc) is 2.93. The van der Waals surface area contributed by atoms with E-state index in [1.807, 2.05) is 26.1 Å². The largest absolute Gasteiger partial charge is 0.457 e. The molecule has 6 heteroatoms. The van der Waals surface area contributed by atoms with Crippen molar-refractivity contribution in [3.05, 3.63) is 30.2 Å². The Labute approximate surface area is 121 Å². The van der Waals surface area contributed by atoms with Crippen LogP contribution in [0.15, 0.2) is 24.7 Å². The molecule has 1 N–H and O–H groups in total. The van der Waals surface area contributed by atoms with Gasteiger partial charge in [0.1, 0.15) is 0 Å². The van der Waals surface area contributed by atoms with E-state index >= 15 is 0 Å². The number of nitrogens with zero attached hydrogens (tertiary/aromatic N) is 2. The highest BCUT2D eigenvalue weighted by molar-refractivity contribution is 7.80. The van der Waals surface area contributed by atoms with E-state index in [1.54, 1.807) is 12.4 Å². The zero-order chi connectivity index (χ0) is 14.3. The molecule has 1 fully saturated rings. The molecular weight excluding hydrogens is 274 g/mol. The quantitative estimate of drug-likeness (QED) is 0.878. The molecule has 2 aromatic rings. The molecule has 0 bridgehead atoms. The molecule has 5 nitrogen and oxygen atoms in total. The number of amides is 1. The molecule has 0 saturated carbocycles. The minimum atomic E-state index is -0.538. The van der Waals surface area contributed by atoms with Crippen LogP contribution in [0, 0.1) is 0 Å². The van der Waals surface area contributed by atoms with Gasteiger partial charge in [-0.25, -0.2) is 0 Å². The Bertz CT molecular complexity index is 680. The first-order valence-corrected chi connectivity index (χ1v) is 6.92. The standard InChI is InChI=1S/C14H15N3O2S/c1-8(2)17-13(18)12(19-14(17)20)5-9-6-16-11-3-4-15-7-10(9)11/h3-4,6-8,12,16H,5H2,1-2H3. The summed E-state index contributed by atoms with van der Waals surface area (Å²) in [5.74, 6) is -0.0664. The summed E-state index contributed by atoms with van der Waals surface area (Å²) in [6, 6.07) is 1.92. The maximum Gasteiger partial charge on any atom is 0.271 e. The summed E-state index contributed by atoms with van der Waals surface area (Å²) in [6.07, 6.45) is 5.37. The van der Waals surface area contributed by atoms with Crippen LogP contribution in [0.4, 0.5) is 0 Å². The summed E-state index contributed by atoms with van der Waals surface area (Å²) in [4.78, 5) is 21.1. The lowest BCUT2D eigenvalue weighted by molar-refractivity contribution is -0.130. The number of carbonyl (C=O) groups is 1. The van der Waals surface area contributed by atoms with Gasteiger partial charge in [0, 0.05) is 42.0 Å². The normalized spacial score (nSPS) is 19.1. The number of hydrogen-bond donors (Lipinski definition) is 1. The Morgan fingerprint density at radius 3 is 3.05 bits per heavy atom. The highest BCUT2D eigenvalue weighted by Gasteiger charge is 2.39. The summed E-state index contributed by atoms with van der Waals surface area (Å²) < 4.78 is 5.54. The lowest BCUT2D eigenvalue weighted by Gasteiger charge is -2.16. The summed E-state index contributed by atoms with van der Waals surface area (Å²) in [6.45, 7) is 3.84. The van der Waals surface area contributed by atoms with Gasteiger partial charge in [0.15, 0.2) is 6.10 Å². The predicted octanol–water partition coefficient (Wildman–Crippen LogP) is 2.03. The summed E-state index contributed by atoms with van der Waals surface area (Å²) >= 11 is 5.13. The fourth-order valence-corrected chi connectivity index (χ4v) is 2.87. The third-order valence-corrected chi connectivity index (χ3v) is 3.74. The minimum Gasteiger partial charge on any atom is -0.457 e. The summed E-state index contributed by atoms with van der Waals surface area (Å²) in [7, 11) is 0.